The molecule has 102 valence electrons. The van der Waals surface area contributed by atoms with Crippen LogP contribution in [0.5, 0.6) is 5.75 Å². The first kappa shape index (κ1) is 14.1. The number of thiophene rings is 1. The van der Waals surface area contributed by atoms with Crippen molar-refractivity contribution in [2.45, 2.75) is 40.0 Å². The molecule has 2 rings (SSSR count). The van der Waals surface area contributed by atoms with Crippen LogP contribution in [0.4, 0.5) is 0 Å². The molecular weight excluding hydrogens is 254 g/mol. The van der Waals surface area contributed by atoms with E-state index < -0.39 is 0 Å². The summed E-state index contributed by atoms with van der Waals surface area (Å²) in [4.78, 5) is 2.74. The normalized spacial score (nSPS) is 10.9. The Morgan fingerprint density at radius 2 is 1.89 bits per heavy atom. The van der Waals surface area contributed by atoms with Gasteiger partial charge in [-0.1, -0.05) is 18.2 Å². The van der Waals surface area contributed by atoms with Gasteiger partial charge in [-0.15, -0.1) is 11.3 Å². The fraction of sp³-hybridized carbons (Fsp3) is 0.375. The van der Waals surface area contributed by atoms with E-state index in [1.807, 2.05) is 23.5 Å². The molecule has 1 heterocycles. The number of ether oxygens (including phenoxy) is 1. The van der Waals surface area contributed by atoms with Gasteiger partial charge >= 0.3 is 0 Å². The molecule has 0 amide bonds. The van der Waals surface area contributed by atoms with Crippen molar-refractivity contribution in [3.63, 3.8) is 0 Å². The van der Waals surface area contributed by atoms with Crippen molar-refractivity contribution in [1.82, 2.24) is 5.32 Å². The van der Waals surface area contributed by atoms with Crippen molar-refractivity contribution in [1.29, 1.82) is 0 Å². The van der Waals surface area contributed by atoms with E-state index in [9.17, 15) is 0 Å². The number of rotatable bonds is 6. The second-order valence-electron chi connectivity index (χ2n) is 4.89. The van der Waals surface area contributed by atoms with Gasteiger partial charge in [0.1, 0.15) is 5.75 Å². The molecule has 0 spiro atoms. The van der Waals surface area contributed by atoms with Crippen LogP contribution in [0.2, 0.25) is 0 Å². The van der Waals surface area contributed by atoms with Crippen LogP contribution in [-0.2, 0) is 13.1 Å². The zero-order valence-electron chi connectivity index (χ0n) is 11.8. The molecule has 0 aliphatic rings. The first-order valence-corrected chi connectivity index (χ1v) is 7.47. The monoisotopic (exact) mass is 275 g/mol. The Labute approximate surface area is 119 Å². The van der Waals surface area contributed by atoms with Crippen molar-refractivity contribution in [3.05, 3.63) is 51.7 Å². The number of aryl methyl sites for hydroxylation is 1. The molecule has 0 unspecified atom stereocenters. The highest BCUT2D eigenvalue weighted by atomic mass is 32.1. The van der Waals surface area contributed by atoms with E-state index in [0.29, 0.717) is 0 Å². The predicted octanol–water partition coefficient (Wildman–Crippen LogP) is 4.13. The summed E-state index contributed by atoms with van der Waals surface area (Å²) < 4.78 is 5.81. The minimum absolute atomic E-state index is 0.209. The predicted molar refractivity (Wildman–Crippen MR) is 81.8 cm³/mol. The summed E-state index contributed by atoms with van der Waals surface area (Å²) >= 11 is 1.84. The van der Waals surface area contributed by atoms with Crippen LogP contribution in [0.3, 0.4) is 0 Å². The highest BCUT2D eigenvalue weighted by Crippen LogP contribution is 2.20. The van der Waals surface area contributed by atoms with Gasteiger partial charge in [0, 0.05) is 28.4 Å². The second kappa shape index (κ2) is 6.73. The van der Waals surface area contributed by atoms with E-state index in [2.05, 4.69) is 50.4 Å². The fourth-order valence-corrected chi connectivity index (χ4v) is 2.78. The van der Waals surface area contributed by atoms with Crippen LogP contribution >= 0.6 is 11.3 Å². The highest BCUT2D eigenvalue weighted by molar-refractivity contribution is 7.11. The van der Waals surface area contributed by atoms with Crippen LogP contribution in [0.25, 0.3) is 0 Å². The van der Waals surface area contributed by atoms with Gasteiger partial charge in [-0.05, 0) is 39.0 Å². The van der Waals surface area contributed by atoms with Gasteiger partial charge in [-0.3, -0.25) is 0 Å². The van der Waals surface area contributed by atoms with Crippen molar-refractivity contribution in [3.8, 4) is 5.75 Å². The highest BCUT2D eigenvalue weighted by Gasteiger charge is 2.04. The zero-order valence-corrected chi connectivity index (χ0v) is 12.6. The maximum Gasteiger partial charge on any atom is 0.124 e. The molecule has 0 bridgehead atoms. The van der Waals surface area contributed by atoms with E-state index in [0.717, 1.165) is 18.8 Å². The van der Waals surface area contributed by atoms with Crippen molar-refractivity contribution >= 4 is 11.3 Å². The molecule has 1 aromatic heterocycles. The third kappa shape index (κ3) is 4.37. The summed E-state index contributed by atoms with van der Waals surface area (Å²) in [5.74, 6) is 0.979. The maximum absolute atomic E-state index is 5.81. The number of nitrogens with one attached hydrogen (secondary N) is 1. The van der Waals surface area contributed by atoms with Crippen molar-refractivity contribution in [2.75, 3.05) is 0 Å². The molecule has 19 heavy (non-hydrogen) atoms. The Morgan fingerprint density at radius 3 is 2.58 bits per heavy atom. The second-order valence-corrected chi connectivity index (χ2v) is 6.26. The maximum atomic E-state index is 5.81. The molecule has 0 saturated heterocycles. The standard InChI is InChI=1S/C16H21NOS/c1-12(2)18-16-7-5-4-6-14(16)10-17-11-15-9-8-13(3)19-15/h4-9,12,17H,10-11H2,1-3H3. The lowest BCUT2D eigenvalue weighted by Gasteiger charge is -2.14. The smallest absolute Gasteiger partial charge is 0.124 e. The third-order valence-corrected chi connectivity index (χ3v) is 3.75. The molecule has 2 nitrogen and oxygen atoms in total. The molecule has 3 heteroatoms. The van der Waals surface area contributed by atoms with Gasteiger partial charge in [0.05, 0.1) is 6.10 Å². The molecular formula is C16H21NOS. The Bertz CT molecular complexity index is 519. The molecule has 0 radical (unpaired) electrons. The topological polar surface area (TPSA) is 21.3 Å². The summed E-state index contributed by atoms with van der Waals surface area (Å²) in [5, 5.41) is 3.48. The molecule has 0 fully saturated rings. The minimum atomic E-state index is 0.209. The molecule has 0 atom stereocenters. The summed E-state index contributed by atoms with van der Waals surface area (Å²) in [7, 11) is 0. The Hall–Kier alpha value is -1.32. The summed E-state index contributed by atoms with van der Waals surface area (Å²) in [5.41, 5.74) is 1.21. The van der Waals surface area contributed by atoms with E-state index in [1.165, 1.54) is 15.3 Å². The molecule has 0 saturated carbocycles. The van der Waals surface area contributed by atoms with Gasteiger partial charge in [-0.2, -0.15) is 0 Å². The van der Waals surface area contributed by atoms with Gasteiger partial charge in [-0.25, -0.2) is 0 Å². The first-order valence-electron chi connectivity index (χ1n) is 6.66. The zero-order chi connectivity index (χ0) is 13.7. The van der Waals surface area contributed by atoms with Gasteiger partial charge < -0.3 is 10.1 Å². The molecule has 2 aromatic rings. The Kier molecular flexibility index (Phi) is 5.00. The molecule has 1 N–H and O–H groups in total. The minimum Gasteiger partial charge on any atom is -0.491 e. The lowest BCUT2D eigenvalue weighted by molar-refractivity contribution is 0.239. The van der Waals surface area contributed by atoms with Crippen LogP contribution in [-0.4, -0.2) is 6.10 Å². The number of hydrogen-bond donors (Lipinski definition) is 1. The third-order valence-electron chi connectivity index (χ3n) is 2.75. The number of para-hydroxylation sites is 1. The summed E-state index contributed by atoms with van der Waals surface area (Å²) in [6.07, 6.45) is 0.209. The van der Waals surface area contributed by atoms with Gasteiger partial charge in [0.15, 0.2) is 0 Å². The van der Waals surface area contributed by atoms with Crippen LogP contribution in [0.15, 0.2) is 36.4 Å². The van der Waals surface area contributed by atoms with E-state index in [1.54, 1.807) is 0 Å². The molecule has 0 aliphatic carbocycles. The summed E-state index contributed by atoms with van der Waals surface area (Å²) in [6.45, 7) is 7.99. The van der Waals surface area contributed by atoms with E-state index in [-0.39, 0.29) is 6.10 Å². The fourth-order valence-electron chi connectivity index (χ4n) is 1.92. The number of hydrogen-bond acceptors (Lipinski definition) is 3. The molecule has 1 aromatic carbocycles. The van der Waals surface area contributed by atoms with Crippen molar-refractivity contribution in [2.24, 2.45) is 0 Å². The first-order chi connectivity index (χ1) is 9.15. The number of benzene rings is 1. The Balaban J connectivity index is 1.92. The van der Waals surface area contributed by atoms with Crippen LogP contribution in [0, 0.1) is 6.92 Å². The lowest BCUT2D eigenvalue weighted by Crippen LogP contribution is -2.14. The lowest BCUT2D eigenvalue weighted by atomic mass is 10.2. The van der Waals surface area contributed by atoms with Crippen molar-refractivity contribution < 1.29 is 4.74 Å². The largest absolute Gasteiger partial charge is 0.491 e. The average molecular weight is 275 g/mol. The van der Waals surface area contributed by atoms with Crippen LogP contribution < -0.4 is 10.1 Å². The van der Waals surface area contributed by atoms with Gasteiger partial charge in [0.25, 0.3) is 0 Å². The Morgan fingerprint density at radius 1 is 1.11 bits per heavy atom. The van der Waals surface area contributed by atoms with Crippen LogP contribution in [0.1, 0.15) is 29.2 Å². The average Bonchev–Trinajstić information content (AvgIpc) is 2.77. The quantitative estimate of drug-likeness (QED) is 0.855. The molecule has 0 aliphatic heterocycles. The van der Waals surface area contributed by atoms with Gasteiger partial charge in [0.2, 0.25) is 0 Å². The van der Waals surface area contributed by atoms with E-state index in [4.69, 9.17) is 4.74 Å². The summed E-state index contributed by atoms with van der Waals surface area (Å²) in [6, 6.07) is 12.6. The van der Waals surface area contributed by atoms with E-state index >= 15 is 0 Å². The SMILES string of the molecule is Cc1ccc(CNCc2ccccc2OC(C)C)s1.